The van der Waals surface area contributed by atoms with Gasteiger partial charge in [-0.15, -0.1) is 0 Å². The largest absolute Gasteiger partial charge is 0.495 e. The second-order valence-corrected chi connectivity index (χ2v) is 8.64. The van der Waals surface area contributed by atoms with Crippen LogP contribution in [0, 0.1) is 6.92 Å². The van der Waals surface area contributed by atoms with Gasteiger partial charge in [0.1, 0.15) is 11.6 Å². The first kappa shape index (κ1) is 19.8. The van der Waals surface area contributed by atoms with Crippen molar-refractivity contribution < 1.29 is 18.8 Å². The third-order valence-corrected chi connectivity index (χ3v) is 6.39. The smallest absolute Gasteiger partial charge is 0.289 e. The highest BCUT2D eigenvalue weighted by molar-refractivity contribution is 5.96. The predicted molar refractivity (Wildman–Crippen MR) is 131 cm³/mol. The minimum atomic E-state index is -2.74. The third kappa shape index (κ3) is 4.42. The molecule has 0 unspecified atom stereocenters. The molecule has 1 N–H and O–H groups in total. The third-order valence-electron chi connectivity index (χ3n) is 6.39. The van der Waals surface area contributed by atoms with Crippen LogP contribution in [0.4, 0.5) is 0 Å². The van der Waals surface area contributed by atoms with Crippen LogP contribution in [0.1, 0.15) is 63.5 Å². The molecular formula is C27H31N3O4. The summed E-state index contributed by atoms with van der Waals surface area (Å²) in [4.78, 5) is 32.4. The minimum Gasteiger partial charge on any atom is -0.495 e. The van der Waals surface area contributed by atoms with Crippen molar-refractivity contribution in [3.63, 3.8) is 0 Å². The molecule has 0 radical (unpaired) electrons. The van der Waals surface area contributed by atoms with Crippen LogP contribution in [0.15, 0.2) is 53.3 Å². The summed E-state index contributed by atoms with van der Waals surface area (Å²) in [6.07, 6.45) is 2.56. The number of ether oxygens (including phenoxy) is 1. The maximum atomic E-state index is 13.6. The van der Waals surface area contributed by atoms with Crippen LogP contribution in [0.25, 0.3) is 5.69 Å². The number of nitrogens with zero attached hydrogens (tertiary/aromatic N) is 3. The van der Waals surface area contributed by atoms with Crippen molar-refractivity contribution in [2.45, 2.75) is 45.4 Å². The van der Waals surface area contributed by atoms with Gasteiger partial charge in [-0.25, -0.2) is 0 Å². The molecule has 1 amide bonds. The van der Waals surface area contributed by atoms with E-state index < -0.39 is 29.9 Å². The molecule has 2 heterocycles. The van der Waals surface area contributed by atoms with Gasteiger partial charge in [-0.2, -0.15) is 4.98 Å². The van der Waals surface area contributed by atoms with Crippen molar-refractivity contribution in [2.24, 2.45) is 0 Å². The van der Waals surface area contributed by atoms with Crippen LogP contribution >= 0.6 is 0 Å². The van der Waals surface area contributed by atoms with Crippen LogP contribution in [-0.4, -0.2) is 45.6 Å². The summed E-state index contributed by atoms with van der Waals surface area (Å²) in [6.45, 7) is 4.56. The van der Waals surface area contributed by atoms with Crippen LogP contribution in [-0.2, 0) is 6.42 Å². The fourth-order valence-corrected chi connectivity index (χ4v) is 4.58. The Kier molecular flexibility index (Phi) is 5.90. The van der Waals surface area contributed by atoms with Crippen LogP contribution < -0.4 is 10.3 Å². The van der Waals surface area contributed by atoms with E-state index in [-0.39, 0.29) is 23.2 Å². The van der Waals surface area contributed by atoms with E-state index in [4.69, 9.17) is 8.85 Å². The summed E-state index contributed by atoms with van der Waals surface area (Å²) in [5.74, 6) is -0.821. The Morgan fingerprint density at radius 3 is 2.76 bits per heavy atom. The second kappa shape index (κ2) is 10.1. The molecule has 0 bridgehead atoms. The molecular weight excluding hydrogens is 430 g/mol. The lowest BCUT2D eigenvalue weighted by molar-refractivity contribution is 0.0784. The Morgan fingerprint density at radius 1 is 1.24 bits per heavy atom. The minimum absolute atomic E-state index is 0.0118. The Bertz CT molecular complexity index is 1340. The van der Waals surface area contributed by atoms with Crippen molar-refractivity contribution >= 4 is 5.91 Å². The van der Waals surface area contributed by atoms with Gasteiger partial charge in [0, 0.05) is 25.4 Å². The van der Waals surface area contributed by atoms with Gasteiger partial charge in [-0.3, -0.25) is 14.2 Å². The quantitative estimate of drug-likeness (QED) is 0.566. The molecule has 34 heavy (non-hydrogen) atoms. The predicted octanol–water partition coefficient (Wildman–Crippen LogP) is 4.23. The van der Waals surface area contributed by atoms with E-state index >= 15 is 0 Å². The maximum absolute atomic E-state index is 13.6. The molecule has 4 rings (SSSR count). The Labute approximate surface area is 203 Å². The van der Waals surface area contributed by atoms with Gasteiger partial charge < -0.3 is 14.7 Å². The fourth-order valence-electron chi connectivity index (χ4n) is 4.58. The molecule has 7 heteroatoms. The number of aryl methyl sites for hydroxylation is 2. The van der Waals surface area contributed by atoms with Gasteiger partial charge >= 0.3 is 0 Å². The zero-order valence-corrected chi connectivity index (χ0v) is 19.5. The first-order valence-electron chi connectivity index (χ1n) is 13.1. The van der Waals surface area contributed by atoms with Gasteiger partial charge in [0.15, 0.2) is 5.56 Å². The number of para-hydroxylation sites is 1. The number of carbonyl (C=O) groups is 1. The summed E-state index contributed by atoms with van der Waals surface area (Å²) < 4.78 is 29.3. The molecule has 0 saturated carbocycles. The molecule has 1 fully saturated rings. The van der Waals surface area contributed by atoms with Gasteiger partial charge in [0.05, 0.1) is 16.8 Å². The lowest BCUT2D eigenvalue weighted by Gasteiger charge is -2.22. The number of carbonyl (C=O) groups excluding carboxylic acids is 1. The molecule has 1 aliphatic rings. The number of rotatable bonds is 7. The second-order valence-electron chi connectivity index (χ2n) is 8.64. The summed E-state index contributed by atoms with van der Waals surface area (Å²) in [7, 11) is -2.74. The van der Waals surface area contributed by atoms with Crippen molar-refractivity contribution in [1.82, 2.24) is 14.5 Å². The van der Waals surface area contributed by atoms with Gasteiger partial charge in [0.2, 0.25) is 5.88 Å². The molecule has 0 aliphatic carbocycles. The number of methoxy groups -OCH3 is 1. The molecule has 7 nitrogen and oxygen atoms in total. The Balaban J connectivity index is 1.81. The van der Waals surface area contributed by atoms with Gasteiger partial charge in [-0.1, -0.05) is 55.8 Å². The van der Waals surface area contributed by atoms with E-state index in [9.17, 15) is 14.7 Å². The zero-order valence-electron chi connectivity index (χ0n) is 22.5. The van der Waals surface area contributed by atoms with E-state index in [0.29, 0.717) is 31.5 Å². The summed E-state index contributed by atoms with van der Waals surface area (Å²) in [5.41, 5.74) is 0.687. The lowest BCUT2D eigenvalue weighted by Crippen LogP contribution is -2.35. The summed E-state index contributed by atoms with van der Waals surface area (Å²) in [5, 5.41) is 11.4. The average Bonchev–Trinajstić information content (AvgIpc) is 3.34. The average molecular weight is 465 g/mol. The zero-order chi connectivity index (χ0) is 26.7. The normalized spacial score (nSPS) is 17.2. The van der Waals surface area contributed by atoms with Gasteiger partial charge in [0.25, 0.3) is 11.5 Å². The molecule has 2 aromatic carbocycles. The molecule has 3 aromatic rings. The standard InChI is InChI=1S/C27H31N3O4/c1-4-5-14-22-28-25(31)23(27(33)30(22)24-18(2)10-9-13-21(24)34-3)26(32)29-16-15-20(17-29)19-11-7-6-8-12-19/h6-13,20,33H,4-5,14-17H2,1-3H3/t20-/m0/s1/i3D3. The number of aromatic nitrogens is 2. The fraction of sp³-hybridized carbons (Fsp3) is 0.370. The lowest BCUT2D eigenvalue weighted by atomic mass is 9.99. The number of aromatic hydroxyl groups is 1. The molecule has 1 saturated heterocycles. The monoisotopic (exact) mass is 464 g/mol. The van der Waals surface area contributed by atoms with E-state index in [0.717, 1.165) is 18.4 Å². The molecule has 1 atom stereocenters. The highest BCUT2D eigenvalue weighted by Crippen LogP contribution is 2.33. The number of hydrogen-bond acceptors (Lipinski definition) is 5. The Hall–Kier alpha value is -3.61. The van der Waals surface area contributed by atoms with E-state index in [1.54, 1.807) is 24.0 Å². The van der Waals surface area contributed by atoms with Crippen LogP contribution in [0.5, 0.6) is 11.6 Å². The van der Waals surface area contributed by atoms with E-state index in [1.165, 1.54) is 10.6 Å². The van der Waals surface area contributed by atoms with E-state index in [1.807, 2.05) is 37.3 Å². The van der Waals surface area contributed by atoms with Crippen LogP contribution in [0.3, 0.4) is 0 Å². The van der Waals surface area contributed by atoms with Gasteiger partial charge in [-0.05, 0) is 37.0 Å². The number of unbranched alkanes of at least 4 members (excludes halogenated alkanes) is 1. The van der Waals surface area contributed by atoms with Crippen LogP contribution in [0.2, 0.25) is 0 Å². The van der Waals surface area contributed by atoms with Crippen molar-refractivity contribution in [2.75, 3.05) is 20.1 Å². The summed E-state index contributed by atoms with van der Waals surface area (Å²) in [6, 6.07) is 14.7. The van der Waals surface area contributed by atoms with Crippen molar-refractivity contribution in [3.05, 3.63) is 81.4 Å². The van der Waals surface area contributed by atoms with Crippen molar-refractivity contribution in [1.29, 1.82) is 0 Å². The maximum Gasteiger partial charge on any atom is 0.289 e. The first-order chi connectivity index (χ1) is 17.6. The molecule has 1 aromatic heterocycles. The number of benzene rings is 2. The Morgan fingerprint density at radius 2 is 2.03 bits per heavy atom. The summed E-state index contributed by atoms with van der Waals surface area (Å²) >= 11 is 0. The number of likely N-dealkylation sites (tertiary alicyclic amines) is 1. The van der Waals surface area contributed by atoms with Crippen molar-refractivity contribution in [3.8, 4) is 17.3 Å². The molecule has 178 valence electrons. The molecule has 0 spiro atoms. The first-order valence-corrected chi connectivity index (χ1v) is 11.6. The topological polar surface area (TPSA) is 84.7 Å². The van der Waals surface area contributed by atoms with E-state index in [2.05, 4.69) is 4.98 Å². The highest BCUT2D eigenvalue weighted by atomic mass is 16.5. The SMILES string of the molecule is [2H]C([2H])([2H])Oc1cccc(C)c1-n1c(CCCC)nc(=O)c(C(=O)N2CC[C@H](c3ccccc3)C2)c1O. The molecule has 1 aliphatic heterocycles. The number of amides is 1. The number of hydrogen-bond donors (Lipinski definition) is 1. The highest BCUT2D eigenvalue weighted by Gasteiger charge is 2.33.